The molecular formula is C16H24BrClN2O. The third kappa shape index (κ3) is 5.28. The van der Waals surface area contributed by atoms with Gasteiger partial charge in [0.2, 0.25) is 5.91 Å². The first-order valence-electron chi connectivity index (χ1n) is 7.26. The van der Waals surface area contributed by atoms with Crippen molar-refractivity contribution in [2.24, 2.45) is 0 Å². The summed E-state index contributed by atoms with van der Waals surface area (Å²) in [5.41, 5.74) is 1.17. The van der Waals surface area contributed by atoms with Crippen LogP contribution in [0, 0.1) is 0 Å². The molecule has 21 heavy (non-hydrogen) atoms. The Balaban J connectivity index is 0.00000220. The van der Waals surface area contributed by atoms with E-state index >= 15 is 0 Å². The van der Waals surface area contributed by atoms with Crippen LogP contribution in [0.4, 0.5) is 0 Å². The maximum atomic E-state index is 12.1. The molecule has 0 aliphatic carbocycles. The molecule has 3 nitrogen and oxygen atoms in total. The summed E-state index contributed by atoms with van der Waals surface area (Å²) in [5, 5.41) is 6.38. The van der Waals surface area contributed by atoms with Crippen LogP contribution in [0.15, 0.2) is 28.7 Å². The van der Waals surface area contributed by atoms with Gasteiger partial charge in [-0.05, 0) is 37.1 Å². The van der Waals surface area contributed by atoms with Crippen molar-refractivity contribution in [1.29, 1.82) is 0 Å². The minimum absolute atomic E-state index is 0. The Bertz CT molecular complexity index is 456. The van der Waals surface area contributed by atoms with Crippen molar-refractivity contribution in [3.63, 3.8) is 0 Å². The second kappa shape index (κ2) is 8.16. The number of hydrogen-bond acceptors (Lipinski definition) is 2. The van der Waals surface area contributed by atoms with Crippen molar-refractivity contribution in [1.82, 2.24) is 10.6 Å². The van der Waals surface area contributed by atoms with Crippen molar-refractivity contribution in [2.75, 3.05) is 13.1 Å². The van der Waals surface area contributed by atoms with Crippen molar-refractivity contribution in [3.05, 3.63) is 34.3 Å². The summed E-state index contributed by atoms with van der Waals surface area (Å²) in [6.07, 6.45) is 3.26. The zero-order chi connectivity index (χ0) is 14.6. The molecule has 0 spiro atoms. The molecule has 0 saturated carbocycles. The highest BCUT2D eigenvalue weighted by Gasteiger charge is 2.25. The van der Waals surface area contributed by atoms with Gasteiger partial charge in [0.15, 0.2) is 0 Å². The molecule has 1 aromatic carbocycles. The van der Waals surface area contributed by atoms with Crippen molar-refractivity contribution in [3.8, 4) is 0 Å². The second-order valence-corrected chi connectivity index (χ2v) is 7.03. The molecule has 1 aliphatic heterocycles. The van der Waals surface area contributed by atoms with Gasteiger partial charge in [-0.25, -0.2) is 0 Å². The standard InChI is InChI=1S/C16H23BrN2O.ClH/c1-16(2,12-6-8-13(17)9-7-12)11-19-15(20)14-5-3-4-10-18-14;/h6-9,14,18H,3-5,10-11H2,1-2H3,(H,19,20);1H. The number of halogens is 2. The fourth-order valence-electron chi connectivity index (χ4n) is 2.51. The van der Waals surface area contributed by atoms with Crippen LogP contribution in [0.25, 0.3) is 0 Å². The van der Waals surface area contributed by atoms with Crippen molar-refractivity contribution >= 4 is 34.2 Å². The van der Waals surface area contributed by atoms with Crippen LogP contribution >= 0.6 is 28.3 Å². The number of amides is 1. The van der Waals surface area contributed by atoms with Crippen molar-refractivity contribution < 1.29 is 4.79 Å². The molecular weight excluding hydrogens is 352 g/mol. The van der Waals surface area contributed by atoms with Crippen LogP contribution in [0.1, 0.15) is 38.7 Å². The highest BCUT2D eigenvalue weighted by Crippen LogP contribution is 2.24. The molecule has 1 amide bonds. The van der Waals surface area contributed by atoms with E-state index in [2.05, 4.69) is 52.5 Å². The molecule has 1 atom stereocenters. The smallest absolute Gasteiger partial charge is 0.237 e. The lowest BCUT2D eigenvalue weighted by Crippen LogP contribution is -2.49. The van der Waals surface area contributed by atoms with E-state index < -0.39 is 0 Å². The van der Waals surface area contributed by atoms with E-state index in [-0.39, 0.29) is 29.8 Å². The Kier molecular flexibility index (Phi) is 7.17. The molecule has 0 radical (unpaired) electrons. The van der Waals surface area contributed by atoms with E-state index in [1.54, 1.807) is 0 Å². The zero-order valence-corrected chi connectivity index (χ0v) is 15.0. The number of nitrogens with one attached hydrogen (secondary N) is 2. The maximum Gasteiger partial charge on any atom is 0.237 e. The van der Waals surface area contributed by atoms with Crippen molar-refractivity contribution in [2.45, 2.75) is 44.6 Å². The molecule has 0 bridgehead atoms. The van der Waals surface area contributed by atoms with E-state index in [0.717, 1.165) is 23.9 Å². The minimum Gasteiger partial charge on any atom is -0.354 e. The van der Waals surface area contributed by atoms with E-state index in [4.69, 9.17) is 0 Å². The SMILES string of the molecule is CC(C)(CNC(=O)C1CCCCN1)c1ccc(Br)cc1.Cl. The summed E-state index contributed by atoms with van der Waals surface area (Å²) in [6.45, 7) is 5.93. The maximum absolute atomic E-state index is 12.1. The number of rotatable bonds is 4. The largest absolute Gasteiger partial charge is 0.354 e. The highest BCUT2D eigenvalue weighted by molar-refractivity contribution is 9.10. The molecule has 2 N–H and O–H groups in total. The molecule has 1 aromatic rings. The number of carbonyl (C=O) groups excluding carboxylic acids is 1. The molecule has 0 aromatic heterocycles. The molecule has 1 unspecified atom stereocenters. The van der Waals surface area contributed by atoms with Gasteiger partial charge >= 0.3 is 0 Å². The van der Waals surface area contributed by atoms with Gasteiger partial charge in [0.25, 0.3) is 0 Å². The monoisotopic (exact) mass is 374 g/mol. The molecule has 2 rings (SSSR count). The van der Waals surface area contributed by atoms with E-state index in [0.29, 0.717) is 6.54 Å². The lowest BCUT2D eigenvalue weighted by atomic mass is 9.84. The van der Waals surface area contributed by atoms with Crippen LogP contribution < -0.4 is 10.6 Å². The molecule has 5 heteroatoms. The Morgan fingerprint density at radius 1 is 1.33 bits per heavy atom. The van der Waals surface area contributed by atoms with E-state index in [1.165, 1.54) is 12.0 Å². The van der Waals surface area contributed by atoms with Crippen LogP contribution in [-0.4, -0.2) is 25.0 Å². The lowest BCUT2D eigenvalue weighted by molar-refractivity contribution is -0.123. The van der Waals surface area contributed by atoms with Crippen LogP contribution in [0.5, 0.6) is 0 Å². The predicted octanol–water partition coefficient (Wildman–Crippen LogP) is 3.41. The molecule has 1 aliphatic rings. The number of piperidine rings is 1. The highest BCUT2D eigenvalue weighted by atomic mass is 79.9. The molecule has 1 fully saturated rings. The third-order valence-electron chi connectivity index (χ3n) is 3.96. The lowest BCUT2D eigenvalue weighted by Gasteiger charge is -2.28. The average Bonchev–Trinajstić information content (AvgIpc) is 2.46. The first kappa shape index (κ1) is 18.5. The third-order valence-corrected chi connectivity index (χ3v) is 4.49. The topological polar surface area (TPSA) is 41.1 Å². The summed E-state index contributed by atoms with van der Waals surface area (Å²) in [5.74, 6) is 0.134. The summed E-state index contributed by atoms with van der Waals surface area (Å²) >= 11 is 3.45. The van der Waals surface area contributed by atoms with Crippen LogP contribution in [0.2, 0.25) is 0 Å². The van der Waals surface area contributed by atoms with E-state index in [9.17, 15) is 4.79 Å². The number of benzene rings is 1. The Hall–Kier alpha value is -0.580. The average molecular weight is 376 g/mol. The summed E-state index contributed by atoms with van der Waals surface area (Å²) < 4.78 is 1.08. The summed E-state index contributed by atoms with van der Waals surface area (Å²) in [6, 6.07) is 8.29. The Labute approximate surface area is 141 Å². The summed E-state index contributed by atoms with van der Waals surface area (Å²) in [7, 11) is 0. The number of carbonyl (C=O) groups is 1. The molecule has 1 saturated heterocycles. The second-order valence-electron chi connectivity index (χ2n) is 6.11. The number of hydrogen-bond donors (Lipinski definition) is 2. The fourth-order valence-corrected chi connectivity index (χ4v) is 2.77. The predicted molar refractivity (Wildman–Crippen MR) is 93.1 cm³/mol. The Morgan fingerprint density at radius 2 is 2.00 bits per heavy atom. The van der Waals surface area contributed by atoms with Gasteiger partial charge < -0.3 is 10.6 Å². The van der Waals surface area contributed by atoms with Crippen LogP contribution in [-0.2, 0) is 10.2 Å². The first-order chi connectivity index (χ1) is 9.49. The van der Waals surface area contributed by atoms with Gasteiger partial charge in [-0.1, -0.05) is 48.3 Å². The zero-order valence-electron chi connectivity index (χ0n) is 12.6. The van der Waals surface area contributed by atoms with Gasteiger partial charge in [-0.2, -0.15) is 0 Å². The van der Waals surface area contributed by atoms with Gasteiger partial charge in [0.1, 0.15) is 0 Å². The molecule has 118 valence electrons. The fraction of sp³-hybridized carbons (Fsp3) is 0.562. The molecule has 1 heterocycles. The normalized spacial score (nSPS) is 18.7. The van der Waals surface area contributed by atoms with Crippen LogP contribution in [0.3, 0.4) is 0 Å². The first-order valence-corrected chi connectivity index (χ1v) is 8.05. The minimum atomic E-state index is -0.0645. The van der Waals surface area contributed by atoms with E-state index in [1.807, 2.05) is 12.1 Å². The van der Waals surface area contributed by atoms with Gasteiger partial charge in [-0.3, -0.25) is 4.79 Å². The van der Waals surface area contributed by atoms with Gasteiger partial charge in [-0.15, -0.1) is 12.4 Å². The quantitative estimate of drug-likeness (QED) is 0.847. The Morgan fingerprint density at radius 3 is 2.57 bits per heavy atom. The summed E-state index contributed by atoms with van der Waals surface area (Å²) in [4.78, 5) is 12.1. The van der Waals surface area contributed by atoms with Gasteiger partial charge in [0, 0.05) is 16.4 Å². The van der Waals surface area contributed by atoms with Gasteiger partial charge in [0.05, 0.1) is 6.04 Å².